The molecule has 152 valence electrons. The number of halogens is 1. The molecule has 1 aromatic rings. The van der Waals surface area contributed by atoms with Gasteiger partial charge in [0, 0.05) is 25.3 Å². The SMILES string of the molecule is CC(C)[C@H]1CC(=O)N(Cc2ccc(F)cc2)[C@@H]1C#C[C@@H](O)C[C@@H](O)CC(=O)O. The number of aliphatic carboxylic acids is 1. The van der Waals surface area contributed by atoms with E-state index in [2.05, 4.69) is 11.8 Å². The molecule has 0 bridgehead atoms. The van der Waals surface area contributed by atoms with Gasteiger partial charge in [0.15, 0.2) is 0 Å². The second-order valence-electron chi connectivity index (χ2n) is 7.50. The van der Waals surface area contributed by atoms with Gasteiger partial charge in [0.1, 0.15) is 11.9 Å². The van der Waals surface area contributed by atoms with E-state index in [0.29, 0.717) is 13.0 Å². The van der Waals surface area contributed by atoms with E-state index in [4.69, 9.17) is 5.11 Å². The summed E-state index contributed by atoms with van der Waals surface area (Å²) in [5.74, 6) is 4.23. The van der Waals surface area contributed by atoms with E-state index < -0.39 is 30.6 Å². The zero-order chi connectivity index (χ0) is 20.8. The Balaban J connectivity index is 2.15. The monoisotopic (exact) mass is 391 g/mol. The Kier molecular flexibility index (Phi) is 7.55. The van der Waals surface area contributed by atoms with Crippen LogP contribution in [0.25, 0.3) is 0 Å². The summed E-state index contributed by atoms with van der Waals surface area (Å²) >= 11 is 0. The Bertz CT molecular complexity index is 752. The van der Waals surface area contributed by atoms with Crippen LogP contribution < -0.4 is 0 Å². The molecule has 1 heterocycles. The van der Waals surface area contributed by atoms with Crippen molar-refractivity contribution in [3.8, 4) is 11.8 Å². The molecule has 1 saturated heterocycles. The first kappa shape index (κ1) is 21.9. The molecule has 0 unspecified atom stereocenters. The van der Waals surface area contributed by atoms with Crippen LogP contribution in [-0.4, -0.2) is 50.3 Å². The molecule has 4 atom stereocenters. The molecule has 0 aromatic heterocycles. The second-order valence-corrected chi connectivity index (χ2v) is 7.50. The summed E-state index contributed by atoms with van der Waals surface area (Å²) < 4.78 is 13.1. The number of hydrogen-bond donors (Lipinski definition) is 3. The average Bonchev–Trinajstić information content (AvgIpc) is 2.90. The fraction of sp³-hybridized carbons (Fsp3) is 0.524. The number of nitrogens with zero attached hydrogens (tertiary/aromatic N) is 1. The Morgan fingerprint density at radius 1 is 1.29 bits per heavy atom. The first-order chi connectivity index (χ1) is 13.2. The maximum Gasteiger partial charge on any atom is 0.305 e. The Morgan fingerprint density at radius 3 is 2.50 bits per heavy atom. The van der Waals surface area contributed by atoms with Crippen LogP contribution >= 0.6 is 0 Å². The van der Waals surface area contributed by atoms with Crippen LogP contribution in [0.5, 0.6) is 0 Å². The lowest BCUT2D eigenvalue weighted by molar-refractivity contribution is -0.139. The number of aliphatic hydroxyl groups excluding tert-OH is 2. The summed E-state index contributed by atoms with van der Waals surface area (Å²) in [6.45, 7) is 4.29. The van der Waals surface area contributed by atoms with Crippen LogP contribution in [0.2, 0.25) is 0 Å². The summed E-state index contributed by atoms with van der Waals surface area (Å²) in [5.41, 5.74) is 0.781. The number of benzene rings is 1. The number of amides is 1. The molecule has 0 aliphatic carbocycles. The van der Waals surface area contributed by atoms with Crippen molar-refractivity contribution in [2.75, 3.05) is 0 Å². The number of aliphatic hydroxyl groups is 2. The molecule has 2 rings (SSSR count). The Hall–Kier alpha value is -2.43. The van der Waals surface area contributed by atoms with Crippen LogP contribution in [0.1, 0.15) is 38.7 Å². The molecule has 28 heavy (non-hydrogen) atoms. The number of rotatable bonds is 7. The lowest BCUT2D eigenvalue weighted by Crippen LogP contribution is -2.35. The van der Waals surface area contributed by atoms with Gasteiger partial charge in [-0.05, 0) is 23.6 Å². The number of carbonyl (C=O) groups excluding carboxylic acids is 1. The van der Waals surface area contributed by atoms with Gasteiger partial charge in [0.25, 0.3) is 0 Å². The van der Waals surface area contributed by atoms with Crippen molar-refractivity contribution in [2.24, 2.45) is 11.8 Å². The smallest absolute Gasteiger partial charge is 0.305 e. The third-order valence-electron chi connectivity index (χ3n) is 4.90. The van der Waals surface area contributed by atoms with Crippen LogP contribution in [0.15, 0.2) is 24.3 Å². The highest BCUT2D eigenvalue weighted by molar-refractivity contribution is 5.80. The van der Waals surface area contributed by atoms with Crippen molar-refractivity contribution in [3.05, 3.63) is 35.6 Å². The van der Waals surface area contributed by atoms with E-state index in [1.165, 1.54) is 12.1 Å². The van der Waals surface area contributed by atoms with Crippen LogP contribution in [0.4, 0.5) is 4.39 Å². The summed E-state index contributed by atoms with van der Waals surface area (Å²) in [4.78, 5) is 24.8. The van der Waals surface area contributed by atoms with Crippen molar-refractivity contribution < 1.29 is 29.3 Å². The average molecular weight is 391 g/mol. The fourth-order valence-corrected chi connectivity index (χ4v) is 3.36. The Labute approximate surface area is 164 Å². The van der Waals surface area contributed by atoms with Gasteiger partial charge in [0.2, 0.25) is 5.91 Å². The molecular weight excluding hydrogens is 365 g/mol. The molecule has 0 saturated carbocycles. The molecular formula is C21H26FNO5. The number of hydrogen-bond acceptors (Lipinski definition) is 4. The standard InChI is InChI=1S/C21H26FNO5/c1-13(2)18-11-20(26)23(12-14-3-5-15(22)6-4-14)19(18)8-7-16(24)9-17(25)10-21(27)28/h3-6,13,16-19,24-25H,9-12H2,1-2H3,(H,27,28)/t16-,17-,18-,19-/m1/s1. The first-order valence-electron chi connectivity index (χ1n) is 9.30. The van der Waals surface area contributed by atoms with Crippen LogP contribution in [0.3, 0.4) is 0 Å². The molecule has 1 aliphatic rings. The maximum atomic E-state index is 13.1. The van der Waals surface area contributed by atoms with Crippen molar-refractivity contribution in [3.63, 3.8) is 0 Å². The fourth-order valence-electron chi connectivity index (χ4n) is 3.36. The van der Waals surface area contributed by atoms with Crippen LogP contribution in [0, 0.1) is 29.5 Å². The van der Waals surface area contributed by atoms with Crippen molar-refractivity contribution in [1.82, 2.24) is 4.90 Å². The zero-order valence-electron chi connectivity index (χ0n) is 16.0. The van der Waals surface area contributed by atoms with E-state index in [-0.39, 0.29) is 30.0 Å². The summed E-state index contributed by atoms with van der Waals surface area (Å²) in [6, 6.07) is 5.50. The lowest BCUT2D eigenvalue weighted by Gasteiger charge is -2.26. The number of likely N-dealkylation sites (tertiary alicyclic amines) is 1. The highest BCUT2D eigenvalue weighted by Crippen LogP contribution is 2.32. The zero-order valence-corrected chi connectivity index (χ0v) is 16.0. The van der Waals surface area contributed by atoms with E-state index in [1.54, 1.807) is 17.0 Å². The van der Waals surface area contributed by atoms with Crippen LogP contribution in [-0.2, 0) is 16.1 Å². The largest absolute Gasteiger partial charge is 0.481 e. The van der Waals surface area contributed by atoms with E-state index in [1.807, 2.05) is 13.8 Å². The second kappa shape index (κ2) is 9.67. The van der Waals surface area contributed by atoms with Crippen molar-refractivity contribution >= 4 is 11.9 Å². The molecule has 0 spiro atoms. The van der Waals surface area contributed by atoms with Crippen molar-refractivity contribution in [1.29, 1.82) is 0 Å². The molecule has 1 amide bonds. The molecule has 1 fully saturated rings. The molecule has 6 nitrogen and oxygen atoms in total. The number of carbonyl (C=O) groups is 2. The third-order valence-corrected chi connectivity index (χ3v) is 4.90. The highest BCUT2D eigenvalue weighted by Gasteiger charge is 2.40. The van der Waals surface area contributed by atoms with E-state index >= 15 is 0 Å². The quantitative estimate of drug-likeness (QED) is 0.616. The van der Waals surface area contributed by atoms with Crippen molar-refractivity contribution in [2.45, 2.75) is 57.9 Å². The molecule has 7 heteroatoms. The predicted molar refractivity (Wildman–Crippen MR) is 100 cm³/mol. The predicted octanol–water partition coefficient (Wildman–Crippen LogP) is 1.79. The highest BCUT2D eigenvalue weighted by atomic mass is 19.1. The van der Waals surface area contributed by atoms with E-state index in [9.17, 15) is 24.2 Å². The topological polar surface area (TPSA) is 98.1 Å². The van der Waals surface area contributed by atoms with Gasteiger partial charge < -0.3 is 20.2 Å². The molecule has 1 aliphatic heterocycles. The third kappa shape index (κ3) is 6.04. The van der Waals surface area contributed by atoms with Gasteiger partial charge >= 0.3 is 5.97 Å². The van der Waals surface area contributed by atoms with Gasteiger partial charge in [-0.3, -0.25) is 9.59 Å². The lowest BCUT2D eigenvalue weighted by atomic mass is 9.88. The summed E-state index contributed by atoms with van der Waals surface area (Å²) in [5, 5.41) is 28.3. The molecule has 3 N–H and O–H groups in total. The minimum absolute atomic E-state index is 0.0170. The molecule has 1 aromatic carbocycles. The number of carboxylic acids is 1. The van der Waals surface area contributed by atoms with Gasteiger partial charge in [-0.25, -0.2) is 4.39 Å². The summed E-state index contributed by atoms with van der Waals surface area (Å²) in [6.07, 6.45) is -2.68. The Morgan fingerprint density at radius 2 is 1.93 bits per heavy atom. The van der Waals surface area contributed by atoms with Gasteiger partial charge in [0.05, 0.1) is 18.6 Å². The van der Waals surface area contributed by atoms with E-state index in [0.717, 1.165) is 5.56 Å². The number of carboxylic acid groups (broad SMARTS) is 1. The minimum Gasteiger partial charge on any atom is -0.481 e. The van der Waals surface area contributed by atoms with Gasteiger partial charge in [-0.1, -0.05) is 37.8 Å². The molecule has 0 radical (unpaired) electrons. The first-order valence-corrected chi connectivity index (χ1v) is 9.30. The van der Waals surface area contributed by atoms with Gasteiger partial charge in [-0.2, -0.15) is 0 Å². The minimum atomic E-state index is -1.19. The van der Waals surface area contributed by atoms with Gasteiger partial charge in [-0.15, -0.1) is 0 Å². The summed E-state index contributed by atoms with van der Waals surface area (Å²) in [7, 11) is 0. The normalized spacial score (nSPS) is 21.4. The maximum absolute atomic E-state index is 13.1.